The topological polar surface area (TPSA) is 32.3 Å². The minimum absolute atomic E-state index is 0.0171. The standard InChI is InChI=1S/C13H27NO/c1-2-3-4-5-6-7-8-9-14-12-10-13(15)11-12/h12-15H,2-11H2,1H3. The minimum Gasteiger partial charge on any atom is -0.393 e. The smallest absolute Gasteiger partial charge is 0.0570 e. The third-order valence-corrected chi connectivity index (χ3v) is 3.33. The van der Waals surface area contributed by atoms with E-state index in [1.165, 1.54) is 44.9 Å². The molecule has 0 unspecified atom stereocenters. The van der Waals surface area contributed by atoms with Gasteiger partial charge in [0.2, 0.25) is 0 Å². The number of aliphatic hydroxyl groups excluding tert-OH is 1. The number of hydrogen-bond acceptors (Lipinski definition) is 2. The van der Waals surface area contributed by atoms with Gasteiger partial charge in [-0.3, -0.25) is 0 Å². The van der Waals surface area contributed by atoms with Gasteiger partial charge in [0.05, 0.1) is 6.10 Å². The highest BCUT2D eigenvalue weighted by Crippen LogP contribution is 2.19. The van der Waals surface area contributed by atoms with E-state index < -0.39 is 0 Å². The number of nitrogens with one attached hydrogen (secondary N) is 1. The first kappa shape index (κ1) is 13.0. The number of rotatable bonds is 9. The molecule has 90 valence electrons. The molecule has 15 heavy (non-hydrogen) atoms. The van der Waals surface area contributed by atoms with Crippen LogP contribution >= 0.6 is 0 Å². The van der Waals surface area contributed by atoms with Gasteiger partial charge in [-0.25, -0.2) is 0 Å². The van der Waals surface area contributed by atoms with Gasteiger partial charge >= 0.3 is 0 Å². The Morgan fingerprint density at radius 3 is 2.20 bits per heavy atom. The summed E-state index contributed by atoms with van der Waals surface area (Å²) in [6.45, 7) is 3.40. The fourth-order valence-corrected chi connectivity index (χ4v) is 2.14. The van der Waals surface area contributed by atoms with Gasteiger partial charge < -0.3 is 10.4 Å². The molecule has 0 aromatic rings. The quantitative estimate of drug-likeness (QED) is 0.577. The monoisotopic (exact) mass is 213 g/mol. The fraction of sp³-hybridized carbons (Fsp3) is 1.00. The van der Waals surface area contributed by atoms with Crippen LogP contribution in [0.4, 0.5) is 0 Å². The first-order valence-electron chi connectivity index (χ1n) is 6.74. The largest absolute Gasteiger partial charge is 0.393 e. The molecule has 2 heteroatoms. The Kier molecular flexibility index (Phi) is 7.03. The molecule has 0 spiro atoms. The van der Waals surface area contributed by atoms with Crippen molar-refractivity contribution in [1.82, 2.24) is 5.32 Å². The lowest BCUT2D eigenvalue weighted by molar-refractivity contribution is 0.0626. The Morgan fingerprint density at radius 2 is 1.60 bits per heavy atom. The van der Waals surface area contributed by atoms with Gasteiger partial charge in [-0.05, 0) is 25.8 Å². The van der Waals surface area contributed by atoms with Crippen LogP contribution in [-0.4, -0.2) is 23.8 Å². The summed E-state index contributed by atoms with van der Waals surface area (Å²) in [4.78, 5) is 0. The van der Waals surface area contributed by atoms with Crippen LogP contribution in [-0.2, 0) is 0 Å². The maximum Gasteiger partial charge on any atom is 0.0570 e. The molecule has 0 atom stereocenters. The second kappa shape index (κ2) is 8.12. The molecule has 0 aromatic heterocycles. The van der Waals surface area contributed by atoms with Crippen molar-refractivity contribution < 1.29 is 5.11 Å². The lowest BCUT2D eigenvalue weighted by Crippen LogP contribution is -2.44. The van der Waals surface area contributed by atoms with Crippen molar-refractivity contribution in [1.29, 1.82) is 0 Å². The number of hydrogen-bond donors (Lipinski definition) is 2. The van der Waals surface area contributed by atoms with Crippen molar-refractivity contribution >= 4 is 0 Å². The zero-order chi connectivity index (χ0) is 10.9. The van der Waals surface area contributed by atoms with Crippen molar-refractivity contribution in [2.24, 2.45) is 0 Å². The molecule has 0 amide bonds. The second-order valence-electron chi connectivity index (χ2n) is 4.90. The summed E-state index contributed by atoms with van der Waals surface area (Å²) in [7, 11) is 0. The Balaban J connectivity index is 1.70. The number of aliphatic hydroxyl groups is 1. The molecule has 0 radical (unpaired) electrons. The van der Waals surface area contributed by atoms with Crippen LogP contribution in [0.1, 0.15) is 64.7 Å². The van der Waals surface area contributed by atoms with Crippen LogP contribution < -0.4 is 5.32 Å². The van der Waals surface area contributed by atoms with E-state index in [0.717, 1.165) is 19.4 Å². The summed E-state index contributed by atoms with van der Waals surface area (Å²) in [6.07, 6.45) is 11.6. The van der Waals surface area contributed by atoms with E-state index >= 15 is 0 Å². The van der Waals surface area contributed by atoms with Gasteiger partial charge in [-0.15, -0.1) is 0 Å². The van der Waals surface area contributed by atoms with E-state index in [-0.39, 0.29) is 6.10 Å². The lowest BCUT2D eigenvalue weighted by Gasteiger charge is -2.32. The van der Waals surface area contributed by atoms with E-state index in [4.69, 9.17) is 5.11 Å². The molecular weight excluding hydrogens is 186 g/mol. The zero-order valence-corrected chi connectivity index (χ0v) is 10.2. The van der Waals surface area contributed by atoms with Gasteiger partial charge in [-0.1, -0.05) is 45.4 Å². The molecule has 2 N–H and O–H groups in total. The summed E-state index contributed by atoms with van der Waals surface area (Å²) in [6, 6.07) is 0.611. The van der Waals surface area contributed by atoms with Gasteiger partial charge in [0, 0.05) is 6.04 Å². The molecular formula is C13H27NO. The molecule has 0 bridgehead atoms. The predicted octanol–water partition coefficient (Wildman–Crippen LogP) is 2.85. The van der Waals surface area contributed by atoms with E-state index in [9.17, 15) is 0 Å². The minimum atomic E-state index is -0.0171. The molecule has 1 aliphatic rings. The summed E-state index contributed by atoms with van der Waals surface area (Å²) in [5.74, 6) is 0. The maximum absolute atomic E-state index is 9.10. The van der Waals surface area contributed by atoms with Crippen molar-refractivity contribution in [2.75, 3.05) is 6.54 Å². The van der Waals surface area contributed by atoms with Crippen molar-refractivity contribution in [3.05, 3.63) is 0 Å². The summed E-state index contributed by atoms with van der Waals surface area (Å²) in [5.41, 5.74) is 0. The normalized spacial score (nSPS) is 25.2. The third-order valence-electron chi connectivity index (χ3n) is 3.33. The molecule has 1 aliphatic carbocycles. The molecule has 0 aromatic carbocycles. The molecule has 0 saturated heterocycles. The Morgan fingerprint density at radius 1 is 1.00 bits per heavy atom. The summed E-state index contributed by atoms with van der Waals surface area (Å²) in [5, 5.41) is 12.6. The van der Waals surface area contributed by atoms with Crippen LogP contribution in [0.2, 0.25) is 0 Å². The van der Waals surface area contributed by atoms with Crippen LogP contribution in [0.5, 0.6) is 0 Å². The van der Waals surface area contributed by atoms with Crippen molar-refractivity contribution in [2.45, 2.75) is 76.9 Å². The average molecular weight is 213 g/mol. The Bertz CT molecular complexity index is 143. The molecule has 1 saturated carbocycles. The van der Waals surface area contributed by atoms with Crippen molar-refractivity contribution in [3.63, 3.8) is 0 Å². The first-order chi connectivity index (χ1) is 7.33. The van der Waals surface area contributed by atoms with Gasteiger partial charge in [0.25, 0.3) is 0 Å². The SMILES string of the molecule is CCCCCCCCCNC1CC(O)C1. The highest BCUT2D eigenvalue weighted by atomic mass is 16.3. The highest BCUT2D eigenvalue weighted by molar-refractivity contribution is 4.84. The maximum atomic E-state index is 9.10. The Labute approximate surface area is 94.5 Å². The molecule has 2 nitrogen and oxygen atoms in total. The molecule has 0 heterocycles. The highest BCUT2D eigenvalue weighted by Gasteiger charge is 2.25. The Hall–Kier alpha value is -0.0800. The first-order valence-corrected chi connectivity index (χ1v) is 6.74. The van der Waals surface area contributed by atoms with E-state index in [0.29, 0.717) is 6.04 Å². The summed E-state index contributed by atoms with van der Waals surface area (Å²) < 4.78 is 0. The van der Waals surface area contributed by atoms with Crippen LogP contribution in [0.15, 0.2) is 0 Å². The fourth-order valence-electron chi connectivity index (χ4n) is 2.14. The lowest BCUT2D eigenvalue weighted by atomic mass is 9.89. The molecule has 0 aliphatic heterocycles. The van der Waals surface area contributed by atoms with E-state index in [2.05, 4.69) is 12.2 Å². The second-order valence-corrected chi connectivity index (χ2v) is 4.90. The average Bonchev–Trinajstić information content (AvgIpc) is 2.19. The van der Waals surface area contributed by atoms with Crippen LogP contribution in [0.3, 0.4) is 0 Å². The number of unbranched alkanes of at least 4 members (excludes halogenated alkanes) is 6. The predicted molar refractivity (Wildman–Crippen MR) is 65.0 cm³/mol. The third kappa shape index (κ3) is 6.16. The zero-order valence-electron chi connectivity index (χ0n) is 10.2. The molecule has 1 fully saturated rings. The van der Waals surface area contributed by atoms with E-state index in [1.807, 2.05) is 0 Å². The van der Waals surface area contributed by atoms with Gasteiger partial charge in [0.1, 0.15) is 0 Å². The van der Waals surface area contributed by atoms with E-state index in [1.54, 1.807) is 0 Å². The van der Waals surface area contributed by atoms with Gasteiger partial charge in [-0.2, -0.15) is 0 Å². The van der Waals surface area contributed by atoms with Gasteiger partial charge in [0.15, 0.2) is 0 Å². The summed E-state index contributed by atoms with van der Waals surface area (Å²) >= 11 is 0. The molecule has 1 rings (SSSR count). The van der Waals surface area contributed by atoms with Crippen LogP contribution in [0.25, 0.3) is 0 Å². The van der Waals surface area contributed by atoms with Crippen LogP contribution in [0, 0.1) is 0 Å². The van der Waals surface area contributed by atoms with Crippen molar-refractivity contribution in [3.8, 4) is 0 Å².